The first kappa shape index (κ1) is 8.46. The molecule has 3 heteroatoms. The van der Waals surface area contributed by atoms with Gasteiger partial charge in [-0.15, -0.1) is 6.58 Å². The molecule has 1 heterocycles. The van der Waals surface area contributed by atoms with Gasteiger partial charge in [-0.2, -0.15) is 4.84 Å². The zero-order chi connectivity index (χ0) is 8.81. The highest BCUT2D eigenvalue weighted by Gasteiger charge is 2.06. The lowest BCUT2D eigenvalue weighted by molar-refractivity contribution is -0.869. The standard InChI is InChI=1S/C9H10NO2/c1-2-6-9(11)12-10-7-4-3-5-8-10/h2-5,7-8H,1,6H2/q+1. The van der Waals surface area contributed by atoms with E-state index >= 15 is 0 Å². The van der Waals surface area contributed by atoms with E-state index in [-0.39, 0.29) is 12.4 Å². The van der Waals surface area contributed by atoms with Gasteiger partial charge in [-0.25, -0.2) is 4.79 Å². The summed E-state index contributed by atoms with van der Waals surface area (Å²) in [5, 5.41) is 0. The lowest BCUT2D eigenvalue weighted by atomic mass is 10.4. The highest BCUT2D eigenvalue weighted by Crippen LogP contribution is 1.80. The second kappa shape index (κ2) is 4.28. The first-order chi connectivity index (χ1) is 5.83. The van der Waals surface area contributed by atoms with Crippen molar-refractivity contribution in [1.29, 1.82) is 0 Å². The number of carbonyl (C=O) groups is 1. The SMILES string of the molecule is C=CCC(=O)O[n+]1ccccc1. The Hall–Kier alpha value is -1.64. The fourth-order valence-electron chi connectivity index (χ4n) is 0.716. The maximum Gasteiger partial charge on any atom is 0.384 e. The van der Waals surface area contributed by atoms with Crippen LogP contribution in [-0.4, -0.2) is 5.97 Å². The molecule has 3 nitrogen and oxygen atoms in total. The van der Waals surface area contributed by atoms with Gasteiger partial charge in [0.2, 0.25) is 12.4 Å². The molecular weight excluding hydrogens is 154 g/mol. The number of nitrogens with zero attached hydrogens (tertiary/aromatic N) is 1. The van der Waals surface area contributed by atoms with Crippen LogP contribution < -0.4 is 9.57 Å². The summed E-state index contributed by atoms with van der Waals surface area (Å²) in [7, 11) is 0. The Kier molecular flexibility index (Phi) is 3.02. The second-order valence-corrected chi connectivity index (χ2v) is 2.19. The Morgan fingerprint density at radius 1 is 1.42 bits per heavy atom. The molecule has 0 bridgehead atoms. The number of aromatic nitrogens is 1. The summed E-state index contributed by atoms with van der Waals surface area (Å²) in [4.78, 5) is 15.8. The fourth-order valence-corrected chi connectivity index (χ4v) is 0.716. The lowest BCUT2D eigenvalue weighted by Crippen LogP contribution is -2.44. The molecule has 0 amide bonds. The first-order valence-electron chi connectivity index (χ1n) is 3.61. The Labute approximate surface area is 70.9 Å². The predicted molar refractivity (Wildman–Crippen MR) is 43.0 cm³/mol. The zero-order valence-corrected chi connectivity index (χ0v) is 6.64. The van der Waals surface area contributed by atoms with Gasteiger partial charge in [0.1, 0.15) is 0 Å². The average Bonchev–Trinajstić information content (AvgIpc) is 2.06. The minimum atomic E-state index is -0.318. The van der Waals surface area contributed by atoms with Crippen LogP contribution in [0.4, 0.5) is 0 Å². The Balaban J connectivity index is 2.52. The summed E-state index contributed by atoms with van der Waals surface area (Å²) >= 11 is 0. The molecule has 1 aromatic rings. The molecule has 0 N–H and O–H groups in total. The van der Waals surface area contributed by atoms with Crippen LogP contribution in [0.25, 0.3) is 0 Å². The van der Waals surface area contributed by atoms with Crippen LogP contribution in [0.2, 0.25) is 0 Å². The minimum absolute atomic E-state index is 0.224. The highest BCUT2D eigenvalue weighted by molar-refractivity contribution is 5.70. The van der Waals surface area contributed by atoms with Gasteiger partial charge in [-0.1, -0.05) is 12.1 Å². The molecule has 12 heavy (non-hydrogen) atoms. The number of pyridine rings is 1. The molecule has 0 saturated heterocycles. The summed E-state index contributed by atoms with van der Waals surface area (Å²) < 4.78 is 1.35. The van der Waals surface area contributed by atoms with Crippen molar-refractivity contribution in [3.8, 4) is 0 Å². The number of hydrogen-bond acceptors (Lipinski definition) is 2. The third-order valence-electron chi connectivity index (χ3n) is 1.21. The van der Waals surface area contributed by atoms with E-state index in [4.69, 9.17) is 4.84 Å². The minimum Gasteiger partial charge on any atom is -0.244 e. The summed E-state index contributed by atoms with van der Waals surface area (Å²) in [5.41, 5.74) is 0. The second-order valence-electron chi connectivity index (χ2n) is 2.19. The van der Waals surface area contributed by atoms with Crippen molar-refractivity contribution >= 4 is 5.97 Å². The van der Waals surface area contributed by atoms with Crippen LogP contribution in [-0.2, 0) is 4.79 Å². The summed E-state index contributed by atoms with van der Waals surface area (Å²) in [6.07, 6.45) is 5.04. The molecule has 0 aliphatic heterocycles. The largest absolute Gasteiger partial charge is 0.384 e. The molecule has 0 radical (unpaired) electrons. The van der Waals surface area contributed by atoms with Crippen molar-refractivity contribution in [2.45, 2.75) is 6.42 Å². The van der Waals surface area contributed by atoms with Crippen LogP contribution in [0.3, 0.4) is 0 Å². The Morgan fingerprint density at radius 3 is 2.67 bits per heavy atom. The van der Waals surface area contributed by atoms with Crippen molar-refractivity contribution in [2.24, 2.45) is 0 Å². The Morgan fingerprint density at radius 2 is 2.08 bits per heavy atom. The Bertz CT molecular complexity index is 269. The van der Waals surface area contributed by atoms with E-state index in [9.17, 15) is 4.79 Å². The van der Waals surface area contributed by atoms with E-state index < -0.39 is 0 Å². The molecule has 0 spiro atoms. The first-order valence-corrected chi connectivity index (χ1v) is 3.61. The van der Waals surface area contributed by atoms with Crippen LogP contribution in [0.5, 0.6) is 0 Å². The lowest BCUT2D eigenvalue weighted by Gasteiger charge is -1.91. The third-order valence-corrected chi connectivity index (χ3v) is 1.21. The maximum absolute atomic E-state index is 10.9. The number of carbonyl (C=O) groups excluding carboxylic acids is 1. The quantitative estimate of drug-likeness (QED) is 0.481. The average molecular weight is 164 g/mol. The van der Waals surface area contributed by atoms with Crippen LogP contribution in [0, 0.1) is 0 Å². The number of hydrogen-bond donors (Lipinski definition) is 0. The normalized spacial score (nSPS) is 9.00. The zero-order valence-electron chi connectivity index (χ0n) is 6.64. The van der Waals surface area contributed by atoms with Gasteiger partial charge in [-0.05, 0) is 0 Å². The van der Waals surface area contributed by atoms with Crippen molar-refractivity contribution in [3.05, 3.63) is 43.2 Å². The van der Waals surface area contributed by atoms with Crippen molar-refractivity contribution < 1.29 is 14.4 Å². The summed E-state index contributed by atoms with van der Waals surface area (Å²) in [6.45, 7) is 3.43. The molecule has 0 aromatic carbocycles. The molecule has 62 valence electrons. The van der Waals surface area contributed by atoms with E-state index in [0.717, 1.165) is 0 Å². The summed E-state index contributed by atoms with van der Waals surface area (Å²) in [5.74, 6) is -0.318. The molecular formula is C9H10NO2+. The fraction of sp³-hybridized carbons (Fsp3) is 0.111. The maximum atomic E-state index is 10.9. The molecule has 0 atom stereocenters. The van der Waals surface area contributed by atoms with Gasteiger partial charge in [0.05, 0.1) is 6.42 Å². The van der Waals surface area contributed by atoms with Crippen molar-refractivity contribution in [3.63, 3.8) is 0 Å². The molecule has 0 unspecified atom stereocenters. The van der Waals surface area contributed by atoms with Gasteiger partial charge in [0.15, 0.2) is 0 Å². The molecule has 0 aliphatic carbocycles. The molecule has 0 fully saturated rings. The molecule has 0 saturated carbocycles. The monoisotopic (exact) mass is 164 g/mol. The van der Waals surface area contributed by atoms with Gasteiger partial charge < -0.3 is 0 Å². The topological polar surface area (TPSA) is 30.2 Å². The molecule has 1 aromatic heterocycles. The van der Waals surface area contributed by atoms with Crippen LogP contribution in [0.1, 0.15) is 6.42 Å². The van der Waals surface area contributed by atoms with E-state index in [2.05, 4.69) is 6.58 Å². The smallest absolute Gasteiger partial charge is 0.244 e. The van der Waals surface area contributed by atoms with Gasteiger partial charge in [0.25, 0.3) is 0 Å². The van der Waals surface area contributed by atoms with E-state index in [0.29, 0.717) is 0 Å². The van der Waals surface area contributed by atoms with Crippen molar-refractivity contribution in [2.75, 3.05) is 0 Å². The van der Waals surface area contributed by atoms with E-state index in [1.165, 1.54) is 10.8 Å². The van der Waals surface area contributed by atoms with Gasteiger partial charge in [-0.3, -0.25) is 0 Å². The summed E-state index contributed by atoms with van der Waals surface area (Å²) in [6, 6.07) is 5.40. The van der Waals surface area contributed by atoms with Crippen LogP contribution in [0.15, 0.2) is 43.2 Å². The molecule has 0 aliphatic rings. The number of rotatable bonds is 3. The van der Waals surface area contributed by atoms with E-state index in [1.807, 2.05) is 6.07 Å². The van der Waals surface area contributed by atoms with Gasteiger partial charge in [0, 0.05) is 16.9 Å². The molecule has 1 rings (SSSR count). The van der Waals surface area contributed by atoms with Crippen molar-refractivity contribution in [1.82, 2.24) is 0 Å². The van der Waals surface area contributed by atoms with Gasteiger partial charge >= 0.3 is 5.97 Å². The third kappa shape index (κ3) is 2.54. The van der Waals surface area contributed by atoms with Crippen LogP contribution >= 0.6 is 0 Å². The van der Waals surface area contributed by atoms with E-state index in [1.54, 1.807) is 24.5 Å². The highest BCUT2D eigenvalue weighted by atomic mass is 16.7. The predicted octanol–water partition coefficient (Wildman–Crippen LogP) is 0.505.